The van der Waals surface area contributed by atoms with Gasteiger partial charge in [0.15, 0.2) is 0 Å². The number of aromatic amines is 1. The molecule has 0 aliphatic rings. The molecule has 1 aromatic heterocycles. The largest absolute Gasteiger partial charge is 0.491 e. The van der Waals surface area contributed by atoms with Gasteiger partial charge in [0.05, 0.1) is 11.3 Å². The lowest BCUT2D eigenvalue weighted by molar-refractivity contribution is 0.0697. The van der Waals surface area contributed by atoms with Crippen molar-refractivity contribution in [3.63, 3.8) is 0 Å². The van der Waals surface area contributed by atoms with E-state index in [1.54, 1.807) is 0 Å². The zero-order chi connectivity index (χ0) is 14.7. The summed E-state index contributed by atoms with van der Waals surface area (Å²) in [5.41, 5.74) is 4.51. The molecule has 0 amide bonds. The molecular weight excluding hydrogens is 266 g/mol. The van der Waals surface area contributed by atoms with Crippen molar-refractivity contribution in [2.75, 3.05) is 5.73 Å². The second kappa shape index (κ2) is 5.18. The predicted molar refractivity (Wildman–Crippen MR) is 68.5 cm³/mol. The number of aromatic nitrogens is 2. The maximum Gasteiger partial charge on any atom is 0.335 e. The molecule has 0 saturated carbocycles. The molecule has 0 spiro atoms. The van der Waals surface area contributed by atoms with Crippen LogP contribution in [0.3, 0.4) is 0 Å². The Morgan fingerprint density at radius 1 is 1.25 bits per heavy atom. The SMILES string of the molecule is Nc1nc(O)c(N=Nc2ccc(C(=O)O)cc2)c(=O)[nH]1. The second-order valence-corrected chi connectivity index (χ2v) is 3.68. The van der Waals surface area contributed by atoms with E-state index in [0.717, 1.165) is 0 Å². The van der Waals surface area contributed by atoms with E-state index in [4.69, 9.17) is 10.8 Å². The first-order chi connectivity index (χ1) is 9.47. The minimum absolute atomic E-state index is 0.0961. The summed E-state index contributed by atoms with van der Waals surface area (Å²) in [6.45, 7) is 0. The number of carbonyl (C=O) groups is 1. The third kappa shape index (κ3) is 2.77. The Bertz CT molecular complexity index is 735. The van der Waals surface area contributed by atoms with Crippen LogP contribution in [0, 0.1) is 0 Å². The number of nitrogens with one attached hydrogen (secondary N) is 1. The van der Waals surface area contributed by atoms with Crippen LogP contribution in [0.25, 0.3) is 0 Å². The molecule has 0 unspecified atom stereocenters. The summed E-state index contributed by atoms with van der Waals surface area (Å²) in [4.78, 5) is 27.7. The van der Waals surface area contributed by atoms with Gasteiger partial charge in [-0.2, -0.15) is 10.1 Å². The fourth-order valence-electron chi connectivity index (χ4n) is 1.34. The van der Waals surface area contributed by atoms with Gasteiger partial charge in [0.25, 0.3) is 5.56 Å². The number of nitrogens with zero attached hydrogens (tertiary/aromatic N) is 3. The molecule has 0 radical (unpaired) electrons. The quantitative estimate of drug-likeness (QED) is 0.616. The van der Waals surface area contributed by atoms with Gasteiger partial charge in [-0.3, -0.25) is 9.78 Å². The molecular formula is C11H9N5O4. The highest BCUT2D eigenvalue weighted by atomic mass is 16.4. The van der Waals surface area contributed by atoms with Crippen LogP contribution in [0.2, 0.25) is 0 Å². The van der Waals surface area contributed by atoms with E-state index >= 15 is 0 Å². The van der Waals surface area contributed by atoms with Gasteiger partial charge >= 0.3 is 5.97 Å². The van der Waals surface area contributed by atoms with Crippen molar-refractivity contribution in [3.8, 4) is 5.88 Å². The van der Waals surface area contributed by atoms with Crippen LogP contribution in [-0.4, -0.2) is 26.2 Å². The molecule has 0 aliphatic carbocycles. The molecule has 102 valence electrons. The minimum atomic E-state index is -1.06. The van der Waals surface area contributed by atoms with E-state index < -0.39 is 17.4 Å². The Kier molecular flexibility index (Phi) is 3.42. The third-order valence-corrected chi connectivity index (χ3v) is 2.27. The molecule has 5 N–H and O–H groups in total. The van der Waals surface area contributed by atoms with Crippen molar-refractivity contribution in [1.82, 2.24) is 9.97 Å². The summed E-state index contributed by atoms with van der Waals surface area (Å²) in [5.74, 6) is -1.94. The number of carboxylic acids is 1. The monoisotopic (exact) mass is 275 g/mol. The number of aromatic hydroxyl groups is 1. The Morgan fingerprint density at radius 3 is 2.45 bits per heavy atom. The van der Waals surface area contributed by atoms with E-state index in [0.29, 0.717) is 5.69 Å². The normalized spacial score (nSPS) is 10.8. The van der Waals surface area contributed by atoms with Gasteiger partial charge in [-0.15, -0.1) is 5.11 Å². The third-order valence-electron chi connectivity index (χ3n) is 2.27. The number of hydrogen-bond acceptors (Lipinski definition) is 7. The van der Waals surface area contributed by atoms with Gasteiger partial charge in [-0.05, 0) is 24.3 Å². The van der Waals surface area contributed by atoms with Crippen LogP contribution < -0.4 is 11.3 Å². The summed E-state index contributed by atoms with van der Waals surface area (Å²) in [6, 6.07) is 5.48. The average molecular weight is 275 g/mol. The number of aromatic carboxylic acids is 1. The number of hydrogen-bond donors (Lipinski definition) is 4. The minimum Gasteiger partial charge on any atom is -0.491 e. The molecule has 0 bridgehead atoms. The number of nitrogen functional groups attached to an aromatic ring is 1. The van der Waals surface area contributed by atoms with E-state index in [1.807, 2.05) is 0 Å². The number of benzene rings is 1. The van der Waals surface area contributed by atoms with Crippen molar-refractivity contribution in [3.05, 3.63) is 40.2 Å². The van der Waals surface area contributed by atoms with Crippen LogP contribution in [0.15, 0.2) is 39.3 Å². The van der Waals surface area contributed by atoms with Crippen LogP contribution in [0.5, 0.6) is 5.88 Å². The Labute approximate surface area is 111 Å². The molecule has 0 saturated heterocycles. The smallest absolute Gasteiger partial charge is 0.335 e. The van der Waals surface area contributed by atoms with E-state index in [-0.39, 0.29) is 17.2 Å². The molecule has 0 atom stereocenters. The van der Waals surface area contributed by atoms with Crippen LogP contribution in [-0.2, 0) is 0 Å². The van der Waals surface area contributed by atoms with Gasteiger partial charge < -0.3 is 15.9 Å². The van der Waals surface area contributed by atoms with Crippen molar-refractivity contribution in [2.45, 2.75) is 0 Å². The fourth-order valence-corrected chi connectivity index (χ4v) is 1.34. The molecule has 9 nitrogen and oxygen atoms in total. The highest BCUT2D eigenvalue weighted by Crippen LogP contribution is 2.22. The predicted octanol–water partition coefficient (Wildman–Crippen LogP) is 1.17. The number of rotatable bonds is 3. The number of carboxylic acid groups (broad SMARTS) is 1. The molecule has 20 heavy (non-hydrogen) atoms. The maximum atomic E-state index is 11.5. The zero-order valence-electron chi connectivity index (χ0n) is 9.94. The van der Waals surface area contributed by atoms with Crippen LogP contribution in [0.4, 0.5) is 17.3 Å². The van der Waals surface area contributed by atoms with E-state index in [2.05, 4.69) is 20.2 Å². The first-order valence-corrected chi connectivity index (χ1v) is 5.31. The highest BCUT2D eigenvalue weighted by Gasteiger charge is 2.08. The molecule has 9 heteroatoms. The summed E-state index contributed by atoms with van der Waals surface area (Å²) >= 11 is 0. The van der Waals surface area contributed by atoms with E-state index in [1.165, 1.54) is 24.3 Å². The van der Waals surface area contributed by atoms with Crippen molar-refractivity contribution < 1.29 is 15.0 Å². The Hall–Kier alpha value is -3.23. The summed E-state index contributed by atoms with van der Waals surface area (Å²) in [7, 11) is 0. The number of anilines is 1. The second-order valence-electron chi connectivity index (χ2n) is 3.68. The number of H-pyrrole nitrogens is 1. The van der Waals surface area contributed by atoms with Gasteiger partial charge in [0.1, 0.15) is 0 Å². The van der Waals surface area contributed by atoms with Crippen molar-refractivity contribution in [2.24, 2.45) is 10.2 Å². The van der Waals surface area contributed by atoms with Crippen LogP contribution >= 0.6 is 0 Å². The lowest BCUT2D eigenvalue weighted by Crippen LogP contribution is -2.09. The topological polar surface area (TPSA) is 154 Å². The maximum absolute atomic E-state index is 11.5. The lowest BCUT2D eigenvalue weighted by Gasteiger charge is -1.98. The lowest BCUT2D eigenvalue weighted by atomic mass is 10.2. The average Bonchev–Trinajstić information content (AvgIpc) is 2.38. The molecule has 1 heterocycles. The van der Waals surface area contributed by atoms with E-state index in [9.17, 15) is 14.7 Å². The molecule has 2 aromatic rings. The van der Waals surface area contributed by atoms with Crippen molar-refractivity contribution >= 4 is 23.3 Å². The van der Waals surface area contributed by atoms with Gasteiger partial charge in [0.2, 0.25) is 17.5 Å². The fraction of sp³-hybridized carbons (Fsp3) is 0. The molecule has 0 aliphatic heterocycles. The van der Waals surface area contributed by atoms with Gasteiger partial charge in [0, 0.05) is 0 Å². The summed E-state index contributed by atoms with van der Waals surface area (Å²) in [5, 5.41) is 25.4. The number of nitrogens with two attached hydrogens (primary N) is 1. The first kappa shape index (κ1) is 13.2. The Balaban J connectivity index is 2.30. The standard InChI is InChI=1S/C11H9N5O4/c12-11-13-8(17)7(9(18)14-11)16-15-6-3-1-5(2-4-6)10(19)20/h1-4H,(H,19,20)(H4,12,13,14,17,18). The highest BCUT2D eigenvalue weighted by molar-refractivity contribution is 5.87. The summed E-state index contributed by atoms with van der Waals surface area (Å²) in [6.07, 6.45) is 0. The summed E-state index contributed by atoms with van der Waals surface area (Å²) < 4.78 is 0. The van der Waals surface area contributed by atoms with Gasteiger partial charge in [-0.25, -0.2) is 4.79 Å². The Morgan fingerprint density at radius 2 is 1.90 bits per heavy atom. The van der Waals surface area contributed by atoms with Crippen LogP contribution in [0.1, 0.15) is 10.4 Å². The molecule has 1 aromatic carbocycles. The van der Waals surface area contributed by atoms with Crippen molar-refractivity contribution in [1.29, 1.82) is 0 Å². The molecule has 2 rings (SSSR count). The molecule has 0 fully saturated rings. The number of azo groups is 1. The zero-order valence-corrected chi connectivity index (χ0v) is 9.94. The first-order valence-electron chi connectivity index (χ1n) is 5.31. The van der Waals surface area contributed by atoms with Gasteiger partial charge in [-0.1, -0.05) is 0 Å².